The Morgan fingerprint density at radius 2 is 1.32 bits per heavy atom. The van der Waals surface area contributed by atoms with Gasteiger partial charge >= 0.3 is 41.5 Å². The number of alkyl halides is 2. The predicted molar refractivity (Wildman–Crippen MR) is 76.4 cm³/mol. The maximum Gasteiger partial charge on any atom is 1.00 e. The van der Waals surface area contributed by atoms with Gasteiger partial charge < -0.3 is 33.5 Å². The maximum absolute atomic E-state index is 9.82. The Kier molecular flexibility index (Phi) is 62.3. The SMILES string of the molecule is C.CC(=O)Cl.CC(=O)OCCl.CC(=O)OCI.[I-].[Na+]. The third kappa shape index (κ3) is 105. The number of hydrogen-bond acceptors (Lipinski definition) is 5. The van der Waals surface area contributed by atoms with Crippen molar-refractivity contribution in [2.45, 2.75) is 28.2 Å². The smallest absolute Gasteiger partial charge is 1.00 e. The summed E-state index contributed by atoms with van der Waals surface area (Å²) >= 11 is 11.5. The average molecular weight is 553 g/mol. The quantitative estimate of drug-likeness (QED) is 0.121. The van der Waals surface area contributed by atoms with E-state index in [0.29, 0.717) is 4.61 Å². The molecule has 0 saturated carbocycles. The van der Waals surface area contributed by atoms with Crippen molar-refractivity contribution in [3.05, 3.63) is 0 Å². The van der Waals surface area contributed by atoms with Crippen LogP contribution in [0.15, 0.2) is 0 Å². The van der Waals surface area contributed by atoms with Crippen LogP contribution in [-0.4, -0.2) is 27.9 Å². The van der Waals surface area contributed by atoms with Crippen molar-refractivity contribution in [1.29, 1.82) is 0 Å². The summed E-state index contributed by atoms with van der Waals surface area (Å²) in [4.78, 5) is 28.8. The van der Waals surface area contributed by atoms with Crippen LogP contribution in [0.5, 0.6) is 0 Å². The summed E-state index contributed by atoms with van der Waals surface area (Å²) in [5.41, 5.74) is 0. The van der Waals surface area contributed by atoms with Crippen molar-refractivity contribution in [1.82, 2.24) is 0 Å². The van der Waals surface area contributed by atoms with Crippen molar-refractivity contribution in [2.75, 3.05) is 10.7 Å². The third-order valence-electron chi connectivity index (χ3n) is 0.516. The van der Waals surface area contributed by atoms with E-state index in [9.17, 15) is 14.4 Å². The van der Waals surface area contributed by atoms with Gasteiger partial charge in [-0.05, 0) is 34.2 Å². The molecule has 0 saturated heterocycles. The fourth-order valence-corrected chi connectivity index (χ4v) is 0.746. The summed E-state index contributed by atoms with van der Waals surface area (Å²) in [5.74, 6) is -0.561. The van der Waals surface area contributed by atoms with Crippen LogP contribution in [0.4, 0.5) is 0 Å². The minimum atomic E-state index is -0.361. The van der Waals surface area contributed by atoms with Gasteiger partial charge in [0, 0.05) is 20.8 Å². The largest absolute Gasteiger partial charge is 1.00 e. The van der Waals surface area contributed by atoms with Crippen LogP contribution < -0.4 is 53.5 Å². The average Bonchev–Trinajstić information content (AvgIpc) is 2.02. The molecule has 0 aromatic carbocycles. The van der Waals surface area contributed by atoms with Gasteiger partial charge in [0.05, 0.1) is 0 Å². The second-order valence-corrected chi connectivity index (χ2v) is 3.33. The van der Waals surface area contributed by atoms with Crippen molar-refractivity contribution in [2.24, 2.45) is 0 Å². The molecule has 0 amide bonds. The van der Waals surface area contributed by atoms with Gasteiger partial charge in [-0.2, -0.15) is 0 Å². The van der Waals surface area contributed by atoms with Crippen molar-refractivity contribution in [3.8, 4) is 0 Å². The Morgan fingerprint density at radius 1 is 1.05 bits per heavy atom. The molecule has 0 aromatic heterocycles. The molecule has 0 heterocycles. The number of ether oxygens (including phenoxy) is 2. The Bertz CT molecular complexity index is 201. The van der Waals surface area contributed by atoms with Crippen LogP contribution in [0.3, 0.4) is 0 Å². The van der Waals surface area contributed by atoms with Crippen LogP contribution in [0.2, 0.25) is 0 Å². The minimum Gasteiger partial charge on any atom is -1.00 e. The molecule has 0 rings (SSSR count). The van der Waals surface area contributed by atoms with Gasteiger partial charge in [0.1, 0.15) is 4.61 Å². The molecular formula is C9H17Cl2I2NaO5. The fourth-order valence-electron chi connectivity index (χ4n) is 0.154. The van der Waals surface area contributed by atoms with E-state index >= 15 is 0 Å². The van der Waals surface area contributed by atoms with E-state index < -0.39 is 0 Å². The summed E-state index contributed by atoms with van der Waals surface area (Å²) < 4.78 is 9.01. The zero-order chi connectivity index (χ0) is 13.6. The fraction of sp³-hybridized carbons (Fsp3) is 0.667. The molecule has 19 heavy (non-hydrogen) atoms. The third-order valence-corrected chi connectivity index (χ3v) is 0.936. The first kappa shape index (κ1) is 37.2. The van der Waals surface area contributed by atoms with Crippen molar-refractivity contribution >= 4 is 63.0 Å². The molecule has 0 radical (unpaired) electrons. The van der Waals surface area contributed by atoms with E-state index in [1.54, 1.807) is 0 Å². The summed E-state index contributed by atoms with van der Waals surface area (Å²) in [6.45, 7) is 3.99. The summed E-state index contributed by atoms with van der Waals surface area (Å²) in [6, 6.07) is -0.0463. The van der Waals surface area contributed by atoms with Gasteiger partial charge in [-0.25, -0.2) is 0 Å². The normalized spacial score (nSPS) is 6.21. The molecule has 0 N–H and O–H groups in total. The zero-order valence-electron chi connectivity index (χ0n) is 10.5. The van der Waals surface area contributed by atoms with Crippen LogP contribution in [0.25, 0.3) is 0 Å². The van der Waals surface area contributed by atoms with E-state index in [-0.39, 0.29) is 84.2 Å². The van der Waals surface area contributed by atoms with Crippen LogP contribution in [0, 0.1) is 0 Å². The number of hydrogen-bond donors (Lipinski definition) is 0. The molecule has 0 aliphatic carbocycles. The topological polar surface area (TPSA) is 69.7 Å². The Morgan fingerprint density at radius 3 is 1.32 bits per heavy atom. The standard InChI is InChI=1S/C3H5ClO2.C3H5IO2.C2H3ClO.CH4.HI.Na/c2*1-3(5)6-2-4;1-2(3)4;;;/h2*2H2,1H3;1H3;1H4;1H;/q;;;;;+1/p-1. The molecule has 0 fully saturated rings. The van der Waals surface area contributed by atoms with E-state index in [1.165, 1.54) is 20.8 Å². The van der Waals surface area contributed by atoms with Gasteiger partial charge in [-0.15, -0.1) is 0 Å². The molecule has 0 spiro atoms. The molecule has 0 aromatic rings. The first-order valence-electron chi connectivity index (χ1n) is 3.82. The van der Waals surface area contributed by atoms with Crippen LogP contribution >= 0.6 is 45.8 Å². The molecular weight excluding hydrogens is 536 g/mol. The first-order valence-corrected chi connectivity index (χ1v) is 6.26. The molecule has 0 unspecified atom stereocenters. The maximum atomic E-state index is 9.82. The van der Waals surface area contributed by atoms with Crippen molar-refractivity contribution in [3.63, 3.8) is 0 Å². The van der Waals surface area contributed by atoms with Crippen LogP contribution in [0.1, 0.15) is 28.2 Å². The van der Waals surface area contributed by atoms with E-state index in [1.807, 2.05) is 22.6 Å². The Hall–Kier alpha value is 1.65. The summed E-state index contributed by atoms with van der Waals surface area (Å²) in [7, 11) is 0. The predicted octanol–water partition coefficient (Wildman–Crippen LogP) is -2.90. The molecule has 0 aliphatic rings. The van der Waals surface area contributed by atoms with Gasteiger partial charge in [-0.1, -0.05) is 19.0 Å². The minimum absolute atomic E-state index is 0. The number of carbonyl (C=O) groups excluding carboxylic acids is 3. The molecule has 112 valence electrons. The van der Waals surface area contributed by atoms with Gasteiger partial charge in [0.15, 0.2) is 6.07 Å². The molecule has 10 heteroatoms. The number of carbonyl (C=O) groups is 3. The van der Waals surface area contributed by atoms with E-state index in [2.05, 4.69) is 21.1 Å². The molecule has 5 nitrogen and oxygen atoms in total. The Balaban J connectivity index is -0.0000000315. The Labute approximate surface area is 177 Å². The van der Waals surface area contributed by atoms with Crippen molar-refractivity contribution < 1.29 is 77.4 Å². The molecule has 0 atom stereocenters. The van der Waals surface area contributed by atoms with Gasteiger partial charge in [-0.3, -0.25) is 14.4 Å². The van der Waals surface area contributed by atoms with Crippen LogP contribution in [-0.2, 0) is 23.9 Å². The second kappa shape index (κ2) is 31.8. The molecule has 0 bridgehead atoms. The van der Waals surface area contributed by atoms with Gasteiger partial charge in [0.2, 0.25) is 5.24 Å². The second-order valence-electron chi connectivity index (χ2n) is 1.96. The van der Waals surface area contributed by atoms with E-state index in [4.69, 9.17) is 11.6 Å². The first-order chi connectivity index (χ1) is 7.27. The zero-order valence-corrected chi connectivity index (χ0v) is 18.3. The summed E-state index contributed by atoms with van der Waals surface area (Å²) in [6.07, 6.45) is 0. The van der Waals surface area contributed by atoms with Gasteiger partial charge in [0.25, 0.3) is 0 Å². The number of rotatable bonds is 2. The number of esters is 2. The number of halogens is 4. The van der Waals surface area contributed by atoms with E-state index in [0.717, 1.165) is 0 Å². The monoisotopic (exact) mass is 552 g/mol. The molecule has 0 aliphatic heterocycles. The summed E-state index contributed by atoms with van der Waals surface area (Å²) in [5, 5.41) is -0.361.